The van der Waals surface area contributed by atoms with E-state index >= 15 is 0 Å². The number of fused-ring (bicyclic) bond motifs is 1. The van der Waals surface area contributed by atoms with E-state index < -0.39 is 24.0 Å². The highest BCUT2D eigenvalue weighted by Crippen LogP contribution is 2.24. The highest BCUT2D eigenvalue weighted by atomic mass is 17.0. The molecule has 3 heterocycles. The number of carboxylic acid groups (broad SMARTS) is 1. The Kier molecular flexibility index (Phi) is 3.74. The molecule has 0 saturated carbocycles. The maximum absolute atomic E-state index is 12.4. The molecular weight excluding hydrogens is 344 g/mol. The smallest absolute Gasteiger partial charge is 0.306 e. The lowest BCUT2D eigenvalue weighted by molar-refractivity contribution is -0.142. The Bertz CT molecular complexity index is 821. The Morgan fingerprint density at radius 3 is 2.31 bits per heavy atom. The van der Waals surface area contributed by atoms with Gasteiger partial charge in [-0.3, -0.25) is 19.4 Å². The van der Waals surface area contributed by atoms with Gasteiger partial charge in [0, 0.05) is 18.1 Å². The standard InChI is InChI=1S/C16H18N4O6/c1-10(18-14(21)12-4-2-3-5-13(12)15(18)22)25-20-19(26-20)17-8-6-11(7-9-17)16(23)24/h2-5,10-11H,6-9H2,1H3,(H,23,24). The van der Waals surface area contributed by atoms with Crippen molar-refractivity contribution in [2.45, 2.75) is 26.0 Å². The van der Waals surface area contributed by atoms with Gasteiger partial charge in [-0.15, -0.1) is 0 Å². The Hall–Kier alpha value is -3.17. The van der Waals surface area contributed by atoms with E-state index in [-0.39, 0.29) is 5.92 Å². The van der Waals surface area contributed by atoms with E-state index in [9.17, 15) is 14.4 Å². The number of aliphatic carboxylic acids is 1. The van der Waals surface area contributed by atoms with Crippen molar-refractivity contribution in [1.82, 2.24) is 14.9 Å². The topological polar surface area (TPSA) is 110 Å². The molecule has 1 aromatic heterocycles. The Balaban J connectivity index is 1.38. The van der Waals surface area contributed by atoms with Gasteiger partial charge in [0.2, 0.25) is 6.23 Å². The van der Waals surface area contributed by atoms with Crippen LogP contribution >= 0.6 is 0 Å². The third kappa shape index (κ3) is 2.63. The lowest BCUT2D eigenvalue weighted by Gasteiger charge is -2.26. The van der Waals surface area contributed by atoms with Crippen LogP contribution in [0.15, 0.2) is 28.9 Å². The first kappa shape index (κ1) is 16.3. The minimum Gasteiger partial charge on any atom is -0.481 e. The molecule has 2 aliphatic rings. The zero-order valence-electron chi connectivity index (χ0n) is 14.1. The summed E-state index contributed by atoms with van der Waals surface area (Å²) >= 11 is 0. The molecule has 2 aromatic rings. The summed E-state index contributed by atoms with van der Waals surface area (Å²) in [5, 5.41) is 11.9. The van der Waals surface area contributed by atoms with E-state index in [1.54, 1.807) is 36.2 Å². The quantitative estimate of drug-likeness (QED) is 0.766. The number of carboxylic acids is 1. The third-order valence-electron chi connectivity index (χ3n) is 4.75. The van der Waals surface area contributed by atoms with Gasteiger partial charge < -0.3 is 9.94 Å². The summed E-state index contributed by atoms with van der Waals surface area (Å²) in [5.41, 5.74) is 0.708. The molecule has 1 aromatic carbocycles. The molecule has 2 amide bonds. The molecule has 2 aliphatic heterocycles. The second-order valence-corrected chi connectivity index (χ2v) is 6.37. The number of rotatable bonds is 5. The molecule has 26 heavy (non-hydrogen) atoms. The SMILES string of the molecule is CC(On1on1N1CCC(C(=O)O)CC1)N1C(=O)c2ccccc2C1=O. The fourth-order valence-electron chi connectivity index (χ4n) is 3.26. The van der Waals surface area contributed by atoms with E-state index in [0.717, 1.165) is 9.92 Å². The number of hydrogen-bond donors (Lipinski definition) is 1. The minimum absolute atomic E-state index is 0.349. The largest absolute Gasteiger partial charge is 0.481 e. The third-order valence-corrected chi connectivity index (χ3v) is 4.75. The molecule has 1 fully saturated rings. The first-order chi connectivity index (χ1) is 12.5. The number of hydrogen-bond acceptors (Lipinski definition) is 6. The summed E-state index contributed by atoms with van der Waals surface area (Å²) in [4.78, 5) is 43.7. The Morgan fingerprint density at radius 2 is 1.77 bits per heavy atom. The normalized spacial score (nSPS) is 19.1. The van der Waals surface area contributed by atoms with Gasteiger partial charge in [-0.1, -0.05) is 12.1 Å². The van der Waals surface area contributed by atoms with Gasteiger partial charge in [0.05, 0.1) is 17.0 Å². The molecule has 0 spiro atoms. The maximum atomic E-state index is 12.4. The second-order valence-electron chi connectivity index (χ2n) is 6.37. The molecule has 1 saturated heterocycles. The fraction of sp³-hybridized carbons (Fsp3) is 0.438. The van der Waals surface area contributed by atoms with Crippen LogP contribution in [0.25, 0.3) is 0 Å². The van der Waals surface area contributed by atoms with E-state index in [2.05, 4.69) is 0 Å². The number of amides is 2. The van der Waals surface area contributed by atoms with Crippen LogP contribution in [0.2, 0.25) is 0 Å². The van der Waals surface area contributed by atoms with E-state index in [4.69, 9.17) is 14.6 Å². The number of aromatic nitrogens is 2. The molecule has 138 valence electrons. The van der Waals surface area contributed by atoms with E-state index in [1.165, 1.54) is 4.96 Å². The Morgan fingerprint density at radius 1 is 1.19 bits per heavy atom. The van der Waals surface area contributed by atoms with Crippen LogP contribution < -0.4 is 9.85 Å². The average molecular weight is 362 g/mol. The lowest BCUT2D eigenvalue weighted by Crippen LogP contribution is -2.45. The van der Waals surface area contributed by atoms with E-state index in [0.29, 0.717) is 37.1 Å². The van der Waals surface area contributed by atoms with Crippen LogP contribution in [0, 0.1) is 5.92 Å². The van der Waals surface area contributed by atoms with Gasteiger partial charge in [-0.05, 0) is 31.9 Å². The predicted octanol–water partition coefficient (Wildman–Crippen LogP) is 0.386. The lowest BCUT2D eigenvalue weighted by atomic mass is 9.98. The number of carbonyl (C=O) groups is 3. The average Bonchev–Trinajstić information content (AvgIpc) is 3.35. The molecule has 0 radical (unpaired) electrons. The minimum atomic E-state index is -0.857. The zero-order valence-corrected chi connectivity index (χ0v) is 14.1. The first-order valence-electron chi connectivity index (χ1n) is 8.37. The van der Waals surface area contributed by atoms with Crippen molar-refractivity contribution in [3.05, 3.63) is 35.4 Å². The highest BCUT2D eigenvalue weighted by Gasteiger charge is 2.40. The highest BCUT2D eigenvalue weighted by molar-refractivity contribution is 6.21. The van der Waals surface area contributed by atoms with Crippen LogP contribution in [-0.2, 0) is 4.79 Å². The number of carbonyl (C=O) groups excluding carboxylic acids is 2. The molecule has 1 N–H and O–H groups in total. The van der Waals surface area contributed by atoms with Crippen molar-refractivity contribution in [1.29, 1.82) is 0 Å². The summed E-state index contributed by atoms with van der Waals surface area (Å²) < 4.78 is 5.20. The summed E-state index contributed by atoms with van der Waals surface area (Å²) in [5.74, 6) is -1.95. The van der Waals surface area contributed by atoms with Crippen LogP contribution in [0.4, 0.5) is 0 Å². The number of piperidine rings is 1. The second kappa shape index (κ2) is 5.97. The van der Waals surface area contributed by atoms with Crippen molar-refractivity contribution < 1.29 is 29.0 Å². The van der Waals surface area contributed by atoms with Crippen LogP contribution in [-0.4, -0.2) is 57.1 Å². The van der Waals surface area contributed by atoms with Crippen molar-refractivity contribution in [3.8, 4) is 0 Å². The maximum Gasteiger partial charge on any atom is 0.306 e. The fourth-order valence-corrected chi connectivity index (χ4v) is 3.26. The van der Waals surface area contributed by atoms with Gasteiger partial charge in [0.1, 0.15) is 5.02 Å². The van der Waals surface area contributed by atoms with Gasteiger partial charge in [0.15, 0.2) is 0 Å². The summed E-state index contributed by atoms with van der Waals surface area (Å²) in [6, 6.07) is 6.62. The van der Waals surface area contributed by atoms with Crippen molar-refractivity contribution in [2.75, 3.05) is 18.1 Å². The number of imide groups is 1. The number of nitrogens with zero attached hydrogens (tertiary/aromatic N) is 4. The summed E-state index contributed by atoms with van der Waals surface area (Å²) in [6.45, 7) is 2.61. The molecule has 0 aliphatic carbocycles. The molecule has 4 rings (SSSR count). The van der Waals surface area contributed by atoms with Crippen LogP contribution in [0.3, 0.4) is 0 Å². The summed E-state index contributed by atoms with van der Waals surface area (Å²) in [6.07, 6.45) is 0.164. The van der Waals surface area contributed by atoms with Crippen molar-refractivity contribution in [2.24, 2.45) is 5.92 Å². The molecule has 10 heteroatoms. The van der Waals surface area contributed by atoms with Gasteiger partial charge in [0.25, 0.3) is 11.8 Å². The van der Waals surface area contributed by atoms with Crippen molar-refractivity contribution in [3.63, 3.8) is 0 Å². The zero-order chi connectivity index (χ0) is 18.4. The van der Waals surface area contributed by atoms with Gasteiger partial charge in [-0.25, -0.2) is 4.90 Å². The van der Waals surface area contributed by atoms with Crippen molar-refractivity contribution >= 4 is 17.8 Å². The molecule has 0 bridgehead atoms. The van der Waals surface area contributed by atoms with Crippen LogP contribution in [0.5, 0.6) is 0 Å². The van der Waals surface area contributed by atoms with Crippen LogP contribution in [0.1, 0.15) is 40.5 Å². The Labute approximate surface area is 147 Å². The molecule has 1 unspecified atom stereocenters. The van der Waals surface area contributed by atoms with E-state index in [1.807, 2.05) is 0 Å². The van der Waals surface area contributed by atoms with Gasteiger partial charge in [-0.2, -0.15) is 4.63 Å². The number of benzene rings is 1. The monoisotopic (exact) mass is 362 g/mol. The predicted molar refractivity (Wildman–Crippen MR) is 86.0 cm³/mol. The van der Waals surface area contributed by atoms with Gasteiger partial charge >= 0.3 is 5.97 Å². The molecule has 10 nitrogen and oxygen atoms in total. The first-order valence-corrected chi connectivity index (χ1v) is 8.37. The molecular formula is C16H18N4O6. The molecule has 1 atom stereocenters. The summed E-state index contributed by atoms with van der Waals surface area (Å²) in [7, 11) is 0.